The Labute approximate surface area is 204 Å². The molecule has 1 saturated heterocycles. The lowest BCUT2D eigenvalue weighted by atomic mass is 10.1. The number of hydrogen-bond acceptors (Lipinski definition) is 5. The molecule has 180 valence electrons. The van der Waals surface area contributed by atoms with Gasteiger partial charge in [0, 0.05) is 25.8 Å². The molecule has 1 amide bonds. The summed E-state index contributed by atoms with van der Waals surface area (Å²) >= 11 is 0. The molecule has 0 unspecified atom stereocenters. The third kappa shape index (κ3) is 5.15. The molecule has 5 rings (SSSR count). The first-order chi connectivity index (χ1) is 17.1. The minimum Gasteiger partial charge on any atom is -0.459 e. The van der Waals surface area contributed by atoms with E-state index in [4.69, 9.17) is 19.0 Å². The van der Waals surface area contributed by atoms with Crippen LogP contribution >= 0.6 is 0 Å². The monoisotopic (exact) mass is 471 g/mol. The number of benzene rings is 2. The van der Waals surface area contributed by atoms with Crippen molar-refractivity contribution in [2.24, 2.45) is 7.05 Å². The second-order valence-corrected chi connectivity index (χ2v) is 8.84. The predicted molar refractivity (Wildman–Crippen MR) is 132 cm³/mol. The van der Waals surface area contributed by atoms with Crippen LogP contribution in [0.2, 0.25) is 0 Å². The van der Waals surface area contributed by atoms with Crippen LogP contribution in [0.25, 0.3) is 11.3 Å². The number of aromatic nitrogens is 2. The van der Waals surface area contributed by atoms with E-state index in [9.17, 15) is 4.79 Å². The van der Waals surface area contributed by atoms with Crippen LogP contribution in [0.15, 0.2) is 77.4 Å². The highest BCUT2D eigenvalue weighted by Gasteiger charge is 2.29. The van der Waals surface area contributed by atoms with Crippen LogP contribution in [0.5, 0.6) is 11.6 Å². The molecule has 0 radical (unpaired) electrons. The minimum absolute atomic E-state index is 0.00750. The Morgan fingerprint density at radius 1 is 1.14 bits per heavy atom. The quantitative estimate of drug-likeness (QED) is 0.334. The van der Waals surface area contributed by atoms with E-state index < -0.39 is 0 Å². The zero-order valence-corrected chi connectivity index (χ0v) is 20.0. The zero-order chi connectivity index (χ0) is 24.2. The van der Waals surface area contributed by atoms with Crippen molar-refractivity contribution < 1.29 is 18.7 Å². The molecule has 7 heteroatoms. The number of rotatable bonds is 8. The van der Waals surface area contributed by atoms with E-state index in [0.29, 0.717) is 24.7 Å². The molecule has 0 N–H and O–H groups in total. The van der Waals surface area contributed by atoms with Crippen LogP contribution < -0.4 is 4.74 Å². The Morgan fingerprint density at radius 2 is 2.00 bits per heavy atom. The Kier molecular flexibility index (Phi) is 6.68. The van der Waals surface area contributed by atoms with Crippen molar-refractivity contribution in [3.05, 3.63) is 89.9 Å². The van der Waals surface area contributed by atoms with Gasteiger partial charge in [0.25, 0.3) is 5.91 Å². The molecule has 3 heterocycles. The fourth-order valence-electron chi connectivity index (χ4n) is 4.44. The average Bonchev–Trinajstić information content (AvgIpc) is 3.63. The molecule has 0 spiro atoms. The van der Waals surface area contributed by atoms with Gasteiger partial charge in [-0.2, -0.15) is 5.10 Å². The van der Waals surface area contributed by atoms with Gasteiger partial charge >= 0.3 is 0 Å². The van der Waals surface area contributed by atoms with Crippen molar-refractivity contribution in [2.75, 3.05) is 13.2 Å². The SMILES string of the molecule is Cc1cccc(Oc2c(CN(C[C@@H]3CCCO3)C(=O)c3ccco3)c(-c3ccccc3)nn2C)c1. The number of carbonyl (C=O) groups is 1. The molecule has 4 aromatic rings. The fourth-order valence-corrected chi connectivity index (χ4v) is 4.44. The van der Waals surface area contributed by atoms with Gasteiger partial charge in [0.2, 0.25) is 5.88 Å². The van der Waals surface area contributed by atoms with Crippen LogP contribution in [0.1, 0.15) is 34.5 Å². The third-order valence-corrected chi connectivity index (χ3v) is 6.16. The van der Waals surface area contributed by atoms with E-state index in [1.165, 1.54) is 6.26 Å². The van der Waals surface area contributed by atoms with E-state index in [2.05, 4.69) is 0 Å². The van der Waals surface area contributed by atoms with Crippen LogP contribution in [-0.2, 0) is 18.3 Å². The van der Waals surface area contributed by atoms with Gasteiger partial charge in [-0.15, -0.1) is 0 Å². The maximum Gasteiger partial charge on any atom is 0.289 e. The fraction of sp³-hybridized carbons (Fsp3) is 0.286. The van der Waals surface area contributed by atoms with E-state index in [-0.39, 0.29) is 12.0 Å². The Morgan fingerprint density at radius 3 is 2.71 bits per heavy atom. The Balaban J connectivity index is 1.55. The summed E-state index contributed by atoms with van der Waals surface area (Å²) in [7, 11) is 1.86. The molecule has 1 atom stereocenters. The first-order valence-electron chi connectivity index (χ1n) is 11.9. The van der Waals surface area contributed by atoms with Gasteiger partial charge in [-0.05, 0) is 49.6 Å². The van der Waals surface area contributed by atoms with E-state index >= 15 is 0 Å². The normalized spacial score (nSPS) is 15.3. The summed E-state index contributed by atoms with van der Waals surface area (Å²) in [6.45, 7) is 3.51. The van der Waals surface area contributed by atoms with Gasteiger partial charge in [-0.25, -0.2) is 4.68 Å². The first kappa shape index (κ1) is 22.9. The molecule has 2 aromatic carbocycles. The van der Waals surface area contributed by atoms with Crippen LogP contribution in [0, 0.1) is 6.92 Å². The summed E-state index contributed by atoms with van der Waals surface area (Å²) in [4.78, 5) is 15.3. The van der Waals surface area contributed by atoms with Gasteiger partial charge in [0.15, 0.2) is 5.76 Å². The van der Waals surface area contributed by atoms with Gasteiger partial charge in [-0.3, -0.25) is 4.79 Å². The van der Waals surface area contributed by atoms with Crippen molar-refractivity contribution in [1.29, 1.82) is 0 Å². The van der Waals surface area contributed by atoms with Gasteiger partial charge in [-0.1, -0.05) is 42.5 Å². The highest BCUT2D eigenvalue weighted by Crippen LogP contribution is 2.35. The summed E-state index contributed by atoms with van der Waals surface area (Å²) in [5.41, 5.74) is 3.67. The number of ether oxygens (including phenoxy) is 2. The number of carbonyl (C=O) groups excluding carboxylic acids is 1. The molecular weight excluding hydrogens is 442 g/mol. The highest BCUT2D eigenvalue weighted by atomic mass is 16.5. The van der Waals surface area contributed by atoms with Crippen LogP contribution in [0.4, 0.5) is 0 Å². The van der Waals surface area contributed by atoms with Crippen molar-refractivity contribution in [1.82, 2.24) is 14.7 Å². The lowest BCUT2D eigenvalue weighted by Gasteiger charge is -2.25. The van der Waals surface area contributed by atoms with Crippen molar-refractivity contribution in [3.8, 4) is 22.9 Å². The molecule has 0 saturated carbocycles. The standard InChI is InChI=1S/C28H29N3O4/c1-20-9-6-12-22(17-20)35-28-24(26(29-30(28)2)21-10-4-3-5-11-21)19-31(18-23-13-7-15-33-23)27(32)25-14-8-16-34-25/h3-6,8-12,14,16-17,23H,7,13,15,18-19H2,1-2H3/t23-/m0/s1. The molecule has 2 aromatic heterocycles. The second-order valence-electron chi connectivity index (χ2n) is 8.84. The predicted octanol–water partition coefficient (Wildman–Crippen LogP) is 5.60. The molecular formula is C28H29N3O4. The molecule has 0 bridgehead atoms. The molecule has 1 fully saturated rings. The maximum atomic E-state index is 13.5. The summed E-state index contributed by atoms with van der Waals surface area (Å²) in [6.07, 6.45) is 3.43. The smallest absolute Gasteiger partial charge is 0.289 e. The molecule has 7 nitrogen and oxygen atoms in total. The highest BCUT2D eigenvalue weighted by molar-refractivity contribution is 5.91. The van der Waals surface area contributed by atoms with Crippen LogP contribution in [-0.4, -0.2) is 39.8 Å². The summed E-state index contributed by atoms with van der Waals surface area (Å²) in [6, 6.07) is 21.3. The summed E-state index contributed by atoms with van der Waals surface area (Å²) in [5, 5.41) is 4.81. The van der Waals surface area contributed by atoms with E-state index in [1.807, 2.05) is 68.6 Å². The Hall–Kier alpha value is -3.84. The molecule has 0 aliphatic carbocycles. The maximum absolute atomic E-state index is 13.5. The number of furan rings is 1. The largest absolute Gasteiger partial charge is 0.459 e. The van der Waals surface area contributed by atoms with Crippen molar-refractivity contribution in [2.45, 2.75) is 32.4 Å². The van der Waals surface area contributed by atoms with Gasteiger partial charge in [0.1, 0.15) is 11.4 Å². The van der Waals surface area contributed by atoms with Crippen molar-refractivity contribution in [3.63, 3.8) is 0 Å². The number of amides is 1. The number of nitrogens with zero attached hydrogens (tertiary/aromatic N) is 3. The van der Waals surface area contributed by atoms with Gasteiger partial charge < -0.3 is 18.8 Å². The topological polar surface area (TPSA) is 69.7 Å². The third-order valence-electron chi connectivity index (χ3n) is 6.16. The summed E-state index contributed by atoms with van der Waals surface area (Å²) in [5.74, 6) is 1.43. The molecule has 1 aliphatic heterocycles. The zero-order valence-electron chi connectivity index (χ0n) is 20.0. The number of hydrogen-bond donors (Lipinski definition) is 0. The summed E-state index contributed by atoms with van der Waals surface area (Å²) < 4.78 is 19.4. The van der Waals surface area contributed by atoms with Crippen LogP contribution in [0.3, 0.4) is 0 Å². The van der Waals surface area contributed by atoms with Gasteiger partial charge in [0.05, 0.1) is 24.5 Å². The van der Waals surface area contributed by atoms with E-state index in [1.54, 1.807) is 21.7 Å². The Bertz CT molecular complexity index is 1280. The minimum atomic E-state index is -0.185. The number of aryl methyl sites for hydroxylation is 2. The van der Waals surface area contributed by atoms with Crippen molar-refractivity contribution >= 4 is 5.91 Å². The lowest BCUT2D eigenvalue weighted by Crippen LogP contribution is -2.37. The molecule has 35 heavy (non-hydrogen) atoms. The van der Waals surface area contributed by atoms with E-state index in [0.717, 1.165) is 47.6 Å². The average molecular weight is 472 g/mol. The molecule has 1 aliphatic rings. The first-order valence-corrected chi connectivity index (χ1v) is 11.9. The second kappa shape index (κ2) is 10.2. The lowest BCUT2D eigenvalue weighted by molar-refractivity contribution is 0.0483.